The molecule has 2 rings (SSSR count). The molecule has 29 heavy (non-hydrogen) atoms. The van der Waals surface area contributed by atoms with Crippen LogP contribution < -0.4 is 0 Å². The highest BCUT2D eigenvalue weighted by molar-refractivity contribution is 6.07. The Morgan fingerprint density at radius 2 is 1.79 bits per heavy atom. The Bertz CT molecular complexity index is 942. The van der Waals surface area contributed by atoms with Crippen LogP contribution in [0.2, 0.25) is 0 Å². The maximum absolute atomic E-state index is 13.3. The molecule has 0 fully saturated rings. The zero-order chi connectivity index (χ0) is 21.7. The molecular formula is C23H28N2O4. The summed E-state index contributed by atoms with van der Waals surface area (Å²) in [5.74, 6) is -0.931. The third-order valence-electron chi connectivity index (χ3n) is 5.24. The first-order valence-corrected chi connectivity index (χ1v) is 9.56. The molecule has 0 saturated carbocycles. The van der Waals surface area contributed by atoms with E-state index in [1.165, 1.54) is 18.1 Å². The lowest BCUT2D eigenvalue weighted by Crippen LogP contribution is -2.42. The van der Waals surface area contributed by atoms with Crippen LogP contribution in [0.1, 0.15) is 51.5 Å². The molecule has 0 aliphatic rings. The quantitative estimate of drug-likeness (QED) is 0.408. The Morgan fingerprint density at radius 3 is 2.34 bits per heavy atom. The van der Waals surface area contributed by atoms with Crippen molar-refractivity contribution in [2.24, 2.45) is 7.05 Å². The number of nitrogens with zero attached hydrogens (tertiary/aromatic N) is 2. The Balaban J connectivity index is 2.31. The fraction of sp³-hybridized carbons (Fsp3) is 0.348. The van der Waals surface area contributed by atoms with Crippen LogP contribution in [0.5, 0.6) is 0 Å². The molecule has 154 valence electrons. The maximum Gasteiger partial charge on any atom is 0.354 e. The summed E-state index contributed by atoms with van der Waals surface area (Å²) in [4.78, 5) is 39.6. The summed E-state index contributed by atoms with van der Waals surface area (Å²) in [5, 5.41) is 0. The first-order valence-electron chi connectivity index (χ1n) is 9.56. The summed E-state index contributed by atoms with van der Waals surface area (Å²) in [5.41, 5.74) is 2.95. The largest absolute Gasteiger partial charge is 0.464 e. The van der Waals surface area contributed by atoms with Gasteiger partial charge < -0.3 is 14.2 Å². The van der Waals surface area contributed by atoms with Crippen LogP contribution in [0.25, 0.3) is 6.08 Å². The second-order valence-electron chi connectivity index (χ2n) is 6.89. The molecule has 0 radical (unpaired) electrons. The number of amides is 1. The molecule has 1 atom stereocenters. The van der Waals surface area contributed by atoms with E-state index in [1.54, 1.807) is 38.5 Å². The summed E-state index contributed by atoms with van der Waals surface area (Å²) in [6.07, 6.45) is 3.21. The predicted molar refractivity (Wildman–Crippen MR) is 113 cm³/mol. The zero-order valence-corrected chi connectivity index (χ0v) is 17.9. The molecule has 0 bridgehead atoms. The average Bonchev–Trinajstić information content (AvgIpc) is 2.95. The number of rotatable bonds is 7. The lowest BCUT2D eigenvalue weighted by atomic mass is 9.99. The van der Waals surface area contributed by atoms with E-state index in [0.717, 1.165) is 5.56 Å². The third-order valence-corrected chi connectivity index (χ3v) is 5.24. The Kier molecular flexibility index (Phi) is 7.15. The Labute approximate surface area is 171 Å². The minimum Gasteiger partial charge on any atom is -0.464 e. The number of Topliss-reactive ketones (excluding diaryl/α,β-unsaturated/α-hetero) is 1. The van der Waals surface area contributed by atoms with Gasteiger partial charge in [0.15, 0.2) is 5.78 Å². The summed E-state index contributed by atoms with van der Waals surface area (Å²) < 4.78 is 6.50. The number of hydrogen-bond donors (Lipinski definition) is 0. The van der Waals surface area contributed by atoms with Gasteiger partial charge in [-0.2, -0.15) is 0 Å². The van der Waals surface area contributed by atoms with Crippen molar-refractivity contribution in [2.75, 3.05) is 13.7 Å². The van der Waals surface area contributed by atoms with Crippen molar-refractivity contribution >= 4 is 23.7 Å². The van der Waals surface area contributed by atoms with E-state index in [9.17, 15) is 14.4 Å². The summed E-state index contributed by atoms with van der Waals surface area (Å²) >= 11 is 0. The first kappa shape index (κ1) is 22.1. The van der Waals surface area contributed by atoms with E-state index < -0.39 is 12.0 Å². The second kappa shape index (κ2) is 9.37. The van der Waals surface area contributed by atoms with E-state index in [4.69, 9.17) is 4.74 Å². The van der Waals surface area contributed by atoms with E-state index in [0.29, 0.717) is 29.1 Å². The lowest BCUT2D eigenvalue weighted by molar-refractivity contribution is -0.126. The van der Waals surface area contributed by atoms with Crippen LogP contribution in [-0.2, 0) is 16.6 Å². The van der Waals surface area contributed by atoms with E-state index >= 15 is 0 Å². The van der Waals surface area contributed by atoms with Gasteiger partial charge >= 0.3 is 5.97 Å². The number of carbonyl (C=O) groups is 3. The monoisotopic (exact) mass is 396 g/mol. The Hall–Kier alpha value is -3.15. The normalized spacial score (nSPS) is 12.1. The number of hydrogen-bond acceptors (Lipinski definition) is 4. The van der Waals surface area contributed by atoms with Gasteiger partial charge in [-0.3, -0.25) is 9.59 Å². The molecule has 6 nitrogen and oxygen atoms in total. The summed E-state index contributed by atoms with van der Waals surface area (Å²) in [6.45, 7) is 7.45. The fourth-order valence-corrected chi connectivity index (χ4v) is 3.52. The van der Waals surface area contributed by atoms with Crippen LogP contribution in [-0.4, -0.2) is 46.8 Å². The molecule has 0 unspecified atom stereocenters. The molecule has 0 aliphatic carbocycles. The van der Waals surface area contributed by atoms with Gasteiger partial charge in [0.25, 0.3) is 0 Å². The number of esters is 1. The highest BCUT2D eigenvalue weighted by atomic mass is 16.5. The van der Waals surface area contributed by atoms with Crippen LogP contribution >= 0.6 is 0 Å². The SMILES string of the molecule is CCN(C(=O)/C=C/c1ccccc1)[C@H](C)C(=O)c1c(C)c(C(=O)OC)n(C)c1C. The van der Waals surface area contributed by atoms with E-state index in [1.807, 2.05) is 37.3 Å². The molecule has 1 aromatic carbocycles. The van der Waals surface area contributed by atoms with Gasteiger partial charge in [-0.05, 0) is 44.9 Å². The number of aromatic nitrogens is 1. The van der Waals surface area contributed by atoms with Gasteiger partial charge in [0.1, 0.15) is 5.69 Å². The van der Waals surface area contributed by atoms with Gasteiger partial charge in [0.05, 0.1) is 13.2 Å². The number of likely N-dealkylation sites (N-methyl/N-ethyl adjacent to an activating group) is 1. The van der Waals surface area contributed by atoms with Gasteiger partial charge in [-0.15, -0.1) is 0 Å². The van der Waals surface area contributed by atoms with Crippen molar-refractivity contribution in [3.63, 3.8) is 0 Å². The molecule has 2 aromatic rings. The Morgan fingerprint density at radius 1 is 1.17 bits per heavy atom. The highest BCUT2D eigenvalue weighted by Crippen LogP contribution is 2.24. The second-order valence-corrected chi connectivity index (χ2v) is 6.89. The first-order chi connectivity index (χ1) is 13.7. The summed E-state index contributed by atoms with van der Waals surface area (Å²) in [6, 6.07) is 8.84. The van der Waals surface area contributed by atoms with Crippen molar-refractivity contribution in [1.82, 2.24) is 9.47 Å². The van der Waals surface area contributed by atoms with Crippen LogP contribution in [0, 0.1) is 13.8 Å². The van der Waals surface area contributed by atoms with Crippen molar-refractivity contribution in [1.29, 1.82) is 0 Å². The smallest absolute Gasteiger partial charge is 0.354 e. The van der Waals surface area contributed by atoms with Gasteiger partial charge in [0, 0.05) is 30.9 Å². The predicted octanol–water partition coefficient (Wildman–Crippen LogP) is 3.56. The molecule has 6 heteroatoms. The molecular weight excluding hydrogens is 368 g/mol. The van der Waals surface area contributed by atoms with Crippen LogP contribution in [0.15, 0.2) is 36.4 Å². The molecule has 1 amide bonds. The minimum absolute atomic E-state index is 0.200. The maximum atomic E-state index is 13.3. The zero-order valence-electron chi connectivity index (χ0n) is 17.9. The topological polar surface area (TPSA) is 68.6 Å². The number of ketones is 1. The third kappa shape index (κ3) is 4.47. The number of benzene rings is 1. The lowest BCUT2D eigenvalue weighted by Gasteiger charge is -2.26. The standard InChI is InChI=1S/C23H28N2O4/c1-7-25(19(26)14-13-18-11-9-8-10-12-18)17(4)22(27)20-15(2)21(23(28)29-6)24(5)16(20)3/h8-14,17H,7H2,1-6H3/b14-13+/t17-/m1/s1. The average molecular weight is 396 g/mol. The number of ether oxygens (including phenoxy) is 1. The molecule has 0 saturated heterocycles. The molecule has 1 heterocycles. The van der Waals surface area contributed by atoms with Gasteiger partial charge in [-0.25, -0.2) is 4.79 Å². The van der Waals surface area contributed by atoms with Crippen molar-refractivity contribution in [3.8, 4) is 0 Å². The number of carbonyl (C=O) groups excluding carboxylic acids is 3. The van der Waals surface area contributed by atoms with Crippen LogP contribution in [0.3, 0.4) is 0 Å². The van der Waals surface area contributed by atoms with Crippen molar-refractivity contribution < 1.29 is 19.1 Å². The summed E-state index contributed by atoms with van der Waals surface area (Å²) in [7, 11) is 3.03. The van der Waals surface area contributed by atoms with E-state index in [-0.39, 0.29) is 11.7 Å². The molecule has 0 aliphatic heterocycles. The van der Waals surface area contributed by atoms with E-state index in [2.05, 4.69) is 0 Å². The van der Waals surface area contributed by atoms with Crippen molar-refractivity contribution in [3.05, 3.63) is 64.5 Å². The molecule has 0 spiro atoms. The molecule has 1 aromatic heterocycles. The number of methoxy groups -OCH3 is 1. The highest BCUT2D eigenvalue weighted by Gasteiger charge is 2.31. The minimum atomic E-state index is -0.668. The molecule has 0 N–H and O–H groups in total. The van der Waals surface area contributed by atoms with Gasteiger partial charge in [-0.1, -0.05) is 30.3 Å². The van der Waals surface area contributed by atoms with Crippen molar-refractivity contribution in [2.45, 2.75) is 33.7 Å². The fourth-order valence-electron chi connectivity index (χ4n) is 3.52. The van der Waals surface area contributed by atoms with Gasteiger partial charge in [0.2, 0.25) is 5.91 Å². The van der Waals surface area contributed by atoms with Crippen LogP contribution in [0.4, 0.5) is 0 Å².